The van der Waals surface area contributed by atoms with Crippen LogP contribution in [0.25, 0.3) is 0 Å². The van der Waals surface area contributed by atoms with Crippen molar-refractivity contribution in [3.8, 4) is 0 Å². The molecule has 7 heteroatoms. The zero-order chi connectivity index (χ0) is 23.2. The first-order chi connectivity index (χ1) is 15.7. The van der Waals surface area contributed by atoms with Crippen LogP contribution in [0.15, 0.2) is 47.4 Å². The smallest absolute Gasteiger partial charge is 0.312 e. The molecule has 4 bridgehead atoms. The summed E-state index contributed by atoms with van der Waals surface area (Å²) in [7, 11) is -4.08. The maximum atomic E-state index is 13.9. The molecule has 0 aromatic heterocycles. The van der Waals surface area contributed by atoms with Crippen molar-refractivity contribution in [3.05, 3.63) is 42.5 Å². The molecule has 1 heterocycles. The molecular weight excluding hydrogens is 440 g/mol. The summed E-state index contributed by atoms with van der Waals surface area (Å²) in [5.41, 5.74) is -1.45. The Labute approximate surface area is 194 Å². The molecule has 6 nitrogen and oxygen atoms in total. The largest absolute Gasteiger partial charge is 0.465 e. The number of carbonyl (C=O) groups excluding carboxylic acids is 2. The fourth-order valence-electron chi connectivity index (χ4n) is 8.41. The van der Waals surface area contributed by atoms with Crippen LogP contribution in [0.3, 0.4) is 0 Å². The van der Waals surface area contributed by atoms with Crippen LogP contribution in [-0.2, 0) is 28.6 Å². The van der Waals surface area contributed by atoms with Gasteiger partial charge in [-0.25, -0.2) is 0 Å². The van der Waals surface area contributed by atoms with Crippen LogP contribution < -0.4 is 0 Å². The Bertz CT molecular complexity index is 1160. The molecule has 5 saturated carbocycles. The zero-order valence-electron chi connectivity index (χ0n) is 18.9. The molecule has 2 unspecified atom stereocenters. The summed E-state index contributed by atoms with van der Waals surface area (Å²) in [6.45, 7) is 6.60. The third-order valence-corrected chi connectivity index (χ3v) is 11.2. The number of fused-ring (bicyclic) bond motifs is 2. The summed E-state index contributed by atoms with van der Waals surface area (Å²) in [6.07, 6.45) is 4.10. The maximum Gasteiger partial charge on any atom is 0.312 e. The number of carbonyl (C=O) groups is 2. The molecule has 6 fully saturated rings. The summed E-state index contributed by atoms with van der Waals surface area (Å²) in [5, 5.41) is 0. The van der Waals surface area contributed by atoms with E-state index >= 15 is 0 Å². The van der Waals surface area contributed by atoms with Gasteiger partial charge in [-0.15, -0.1) is 0 Å². The standard InChI is InChI=1S/C26H30O6S/c1-16-17-9-12-26(22(16)27)20(13-17)25-11-6-10-24(2,15-31-23(25)28)19(25)14-21(26)32-33(29,30)18-7-4-3-5-8-18/h3-5,7-8,17,19-21H,1,6,9-15H2,2H3/t17-,19?,20?,21+,24-,25-,26+/m0/s1. The molecule has 5 aliphatic carbocycles. The second kappa shape index (κ2) is 6.79. The molecule has 1 aromatic rings. The van der Waals surface area contributed by atoms with Crippen LogP contribution >= 0.6 is 0 Å². The highest BCUT2D eigenvalue weighted by atomic mass is 32.2. The summed E-state index contributed by atoms with van der Waals surface area (Å²) >= 11 is 0. The van der Waals surface area contributed by atoms with Crippen LogP contribution in [0.2, 0.25) is 0 Å². The Kier molecular flexibility index (Phi) is 4.43. The average Bonchev–Trinajstić information content (AvgIpc) is 2.81. The lowest BCUT2D eigenvalue weighted by atomic mass is 9.35. The van der Waals surface area contributed by atoms with Gasteiger partial charge in [-0.1, -0.05) is 38.1 Å². The van der Waals surface area contributed by atoms with Gasteiger partial charge in [-0.2, -0.15) is 8.42 Å². The van der Waals surface area contributed by atoms with E-state index in [0.717, 1.165) is 19.3 Å². The summed E-state index contributed by atoms with van der Waals surface area (Å²) < 4.78 is 38.5. The predicted octanol–water partition coefficient (Wildman–Crippen LogP) is 4.06. The normalized spacial score (nSPS) is 44.1. The van der Waals surface area contributed by atoms with Gasteiger partial charge in [0.2, 0.25) is 0 Å². The topological polar surface area (TPSA) is 86.7 Å². The molecule has 1 aliphatic heterocycles. The average molecular weight is 471 g/mol. The lowest BCUT2D eigenvalue weighted by Crippen LogP contribution is -2.73. The minimum atomic E-state index is -4.08. The third kappa shape index (κ3) is 2.61. The second-order valence-corrected chi connectivity index (χ2v) is 12.8. The predicted molar refractivity (Wildman–Crippen MR) is 119 cm³/mol. The molecule has 33 heavy (non-hydrogen) atoms. The van der Waals surface area contributed by atoms with Crippen LogP contribution in [0, 0.1) is 34.0 Å². The Hall–Kier alpha value is -1.99. The van der Waals surface area contributed by atoms with E-state index in [1.807, 2.05) is 0 Å². The number of Topliss-reactive ketones (excluding diaryl/α,β-unsaturated/α-hetero) is 1. The number of rotatable bonds is 3. The Morgan fingerprint density at radius 2 is 1.79 bits per heavy atom. The quantitative estimate of drug-likeness (QED) is 0.376. The van der Waals surface area contributed by atoms with Gasteiger partial charge in [0.25, 0.3) is 10.1 Å². The van der Waals surface area contributed by atoms with E-state index in [1.54, 1.807) is 18.2 Å². The van der Waals surface area contributed by atoms with Gasteiger partial charge < -0.3 is 4.74 Å². The van der Waals surface area contributed by atoms with Crippen molar-refractivity contribution < 1.29 is 26.9 Å². The Morgan fingerprint density at radius 1 is 1.03 bits per heavy atom. The minimum Gasteiger partial charge on any atom is -0.465 e. The van der Waals surface area contributed by atoms with Crippen molar-refractivity contribution in [2.75, 3.05) is 6.61 Å². The molecular formula is C26H30O6S. The number of allylic oxidation sites excluding steroid dienone is 1. The van der Waals surface area contributed by atoms with E-state index in [1.165, 1.54) is 12.1 Å². The fraction of sp³-hybridized carbons (Fsp3) is 0.615. The monoisotopic (exact) mass is 470 g/mol. The van der Waals surface area contributed by atoms with Gasteiger partial charge in [-0.3, -0.25) is 13.8 Å². The third-order valence-electron chi connectivity index (χ3n) is 9.89. The van der Waals surface area contributed by atoms with Crippen LogP contribution in [0.4, 0.5) is 0 Å². The molecule has 0 amide bonds. The highest BCUT2D eigenvalue weighted by molar-refractivity contribution is 7.86. The molecule has 0 radical (unpaired) electrons. The van der Waals surface area contributed by atoms with Crippen molar-refractivity contribution in [2.45, 2.75) is 62.9 Å². The van der Waals surface area contributed by atoms with E-state index in [-0.39, 0.29) is 39.8 Å². The molecule has 1 spiro atoms. The van der Waals surface area contributed by atoms with Gasteiger partial charge in [0.15, 0.2) is 5.78 Å². The second-order valence-electron chi connectivity index (χ2n) is 11.2. The number of ketones is 1. The van der Waals surface area contributed by atoms with Gasteiger partial charge in [0.05, 0.1) is 28.4 Å². The number of esters is 1. The fourth-order valence-corrected chi connectivity index (χ4v) is 9.57. The van der Waals surface area contributed by atoms with Gasteiger partial charge in [0, 0.05) is 5.41 Å². The van der Waals surface area contributed by atoms with Crippen LogP contribution in [0.1, 0.15) is 51.9 Å². The lowest BCUT2D eigenvalue weighted by Gasteiger charge is -2.69. The SMILES string of the molecule is C=C1C(=O)[C@]23CC[C@H]1CC2[C@@]12CCC[C@@](C)(COC1=O)C2C[C@H]3OS(=O)(=O)c1ccccc1. The molecule has 1 saturated heterocycles. The van der Waals surface area contributed by atoms with Gasteiger partial charge >= 0.3 is 5.97 Å². The van der Waals surface area contributed by atoms with Crippen molar-refractivity contribution in [1.29, 1.82) is 0 Å². The zero-order valence-corrected chi connectivity index (χ0v) is 19.7. The first-order valence-electron chi connectivity index (χ1n) is 12.0. The summed E-state index contributed by atoms with van der Waals surface area (Å²) in [6, 6.07) is 8.11. The van der Waals surface area contributed by atoms with E-state index in [4.69, 9.17) is 8.92 Å². The van der Waals surface area contributed by atoms with E-state index < -0.39 is 27.1 Å². The minimum absolute atomic E-state index is 0.0480. The van der Waals surface area contributed by atoms with E-state index in [9.17, 15) is 18.0 Å². The number of hydrogen-bond donors (Lipinski definition) is 0. The van der Waals surface area contributed by atoms with Gasteiger partial charge in [-0.05, 0) is 74.0 Å². The number of ether oxygens (including phenoxy) is 1. The molecule has 7 atom stereocenters. The highest BCUT2D eigenvalue weighted by Crippen LogP contribution is 2.73. The molecule has 0 N–H and O–H groups in total. The molecule has 176 valence electrons. The Morgan fingerprint density at radius 3 is 2.55 bits per heavy atom. The lowest BCUT2D eigenvalue weighted by molar-refractivity contribution is -0.251. The molecule has 1 aromatic carbocycles. The molecule has 6 aliphatic rings. The van der Waals surface area contributed by atoms with Crippen molar-refractivity contribution in [1.82, 2.24) is 0 Å². The first kappa shape index (κ1) is 21.5. The van der Waals surface area contributed by atoms with Crippen molar-refractivity contribution >= 4 is 21.9 Å². The van der Waals surface area contributed by atoms with E-state index in [2.05, 4.69) is 13.5 Å². The summed E-state index contributed by atoms with van der Waals surface area (Å²) in [5.74, 6) is -0.575. The Balaban J connectivity index is 1.51. The van der Waals surface area contributed by atoms with E-state index in [0.29, 0.717) is 37.9 Å². The number of hydrogen-bond acceptors (Lipinski definition) is 6. The van der Waals surface area contributed by atoms with Crippen LogP contribution in [0.5, 0.6) is 0 Å². The van der Waals surface area contributed by atoms with Crippen LogP contribution in [-0.4, -0.2) is 32.9 Å². The maximum absolute atomic E-state index is 13.9. The number of benzene rings is 1. The van der Waals surface area contributed by atoms with Gasteiger partial charge in [0.1, 0.15) is 0 Å². The van der Waals surface area contributed by atoms with Crippen molar-refractivity contribution in [2.24, 2.45) is 34.0 Å². The number of cyclic esters (lactones) is 1. The molecule has 7 rings (SSSR count). The van der Waals surface area contributed by atoms with Crippen molar-refractivity contribution in [3.63, 3.8) is 0 Å². The summed E-state index contributed by atoms with van der Waals surface area (Å²) in [4.78, 5) is 27.5. The highest BCUT2D eigenvalue weighted by Gasteiger charge is 2.76. The first-order valence-corrected chi connectivity index (χ1v) is 13.5.